The average molecular weight is 484 g/mol. The Bertz CT molecular complexity index is 2110. The molecule has 9 nitrogen and oxygen atoms in total. The number of imide groups is 1. The predicted octanol–water partition coefficient (Wildman–Crippen LogP) is 2.43. The molecular weight excluding hydrogens is 436 g/mol. The summed E-state index contributed by atoms with van der Waals surface area (Å²) in [5.74, 6) is -10.1. The fourth-order valence-corrected chi connectivity index (χ4v) is 2.98. The van der Waals surface area contributed by atoms with Gasteiger partial charge in [-0.3, -0.25) is 19.3 Å². The molecule has 0 fully saturated rings. The molecule has 0 unspecified atom stereocenters. The number of rotatable bonds is 8. The summed E-state index contributed by atoms with van der Waals surface area (Å²) in [7, 11) is -10.4. The monoisotopic (exact) mass is 483 g/mol. The lowest BCUT2D eigenvalue weighted by Gasteiger charge is -2.27. The molecule has 0 aromatic heterocycles. The van der Waals surface area contributed by atoms with Crippen molar-refractivity contribution >= 4 is 33.2 Å². The molecular formula is C22H24N2O7S. The zero-order chi connectivity index (χ0) is 43.4. The first-order valence-electron chi connectivity index (χ1n) is 19.3. The highest BCUT2D eigenvalue weighted by atomic mass is 32.2. The van der Waals surface area contributed by atoms with E-state index in [0.29, 0.717) is 0 Å². The van der Waals surface area contributed by atoms with Crippen molar-refractivity contribution in [2.45, 2.75) is 19.7 Å². The number of ether oxygens (including phenoxy) is 2. The molecule has 1 N–H and O–H groups in total. The highest BCUT2D eigenvalue weighted by molar-refractivity contribution is 7.90. The van der Waals surface area contributed by atoms with Crippen LogP contribution < -0.4 is 14.8 Å². The van der Waals surface area contributed by atoms with Crippen LogP contribution in [0.2, 0.25) is 0 Å². The normalized spacial score (nSPS) is 28.1. The van der Waals surface area contributed by atoms with Crippen LogP contribution in [0.3, 0.4) is 0 Å². The molecule has 10 heteroatoms. The van der Waals surface area contributed by atoms with E-state index in [-0.39, 0.29) is 0 Å². The minimum atomic E-state index is -6.70. The molecule has 3 rings (SSSR count). The smallest absolute Gasteiger partial charge is 0.264 e. The molecule has 170 valence electrons. The molecule has 0 saturated carbocycles. The zero-order valence-corrected chi connectivity index (χ0v) is 16.0. The molecule has 2 aromatic carbocycles. The molecule has 0 spiro atoms. The Balaban J connectivity index is 2.71. The molecule has 32 heavy (non-hydrogen) atoms. The molecule has 1 heterocycles. The quantitative estimate of drug-likeness (QED) is 0.573. The zero-order valence-electron chi connectivity index (χ0n) is 38.2. The van der Waals surface area contributed by atoms with Crippen LogP contribution >= 0.6 is 0 Å². The Morgan fingerprint density at radius 2 is 2.12 bits per heavy atom. The average Bonchev–Trinajstić information content (AvgIpc) is 3.25. The number of nitrogens with one attached hydrogen (secondary N) is 1. The lowest BCUT2D eigenvalue weighted by atomic mass is 10.1. The standard InChI is InChI=1S/C22H24N2O7S/c1-5-31-19-11-14(9-10-18(19)30-3)17(12-32(4,28)29)24-21(26)15-7-6-8-16(23-13(2)25)20(15)22(24)27/h6-11,17H,5,12H2,1-4H3,(H,23,25)/t17-/m0/s1/i1D3,2D3,3D3,4D3,5D2,6D,7D,8D,9D,10D,11D,12D2,17D. The van der Waals surface area contributed by atoms with Crippen molar-refractivity contribution in [3.05, 3.63) is 52.9 Å². The summed E-state index contributed by atoms with van der Waals surface area (Å²) < 4.78 is 218. The predicted molar refractivity (Wildman–Crippen MR) is 118 cm³/mol. The number of hydrogen-bond acceptors (Lipinski definition) is 7. The topological polar surface area (TPSA) is 119 Å². The van der Waals surface area contributed by atoms with E-state index >= 15 is 0 Å². The summed E-state index contributed by atoms with van der Waals surface area (Å²) >= 11 is 0. The lowest BCUT2D eigenvalue weighted by Crippen LogP contribution is -2.37. The van der Waals surface area contributed by atoms with Gasteiger partial charge in [0.1, 0.15) is 9.84 Å². The highest BCUT2D eigenvalue weighted by Gasteiger charge is 2.43. The van der Waals surface area contributed by atoms with Crippen LogP contribution in [0.15, 0.2) is 36.3 Å². The molecule has 0 saturated heterocycles. The van der Waals surface area contributed by atoms with Crippen molar-refractivity contribution in [3.8, 4) is 11.5 Å². The van der Waals surface area contributed by atoms with Gasteiger partial charge in [-0.2, -0.15) is 0 Å². The van der Waals surface area contributed by atoms with E-state index in [1.165, 1.54) is 0 Å². The SMILES string of the molecule is [2H]c1c([2H])c(NC(=O)C([2H])([2H])[2H])c2c(c1[2H])C(=O)N([C@]([2H])(c1c([2H])c([2H])c(OC([2H])([2H])[2H])c(OC([2H])([2H])C([2H])([2H])[2H])c1[2H])C([2H])([2H])S(=O)(=O)C([2H])([2H])[2H])C2=O. The lowest BCUT2D eigenvalue weighted by molar-refractivity contribution is -0.114. The van der Waals surface area contributed by atoms with Crippen molar-refractivity contribution < 1.29 is 63.8 Å². The minimum absolute atomic E-state index is 0.875. The van der Waals surface area contributed by atoms with Crippen molar-refractivity contribution in [2.24, 2.45) is 0 Å². The van der Waals surface area contributed by atoms with Crippen LogP contribution in [-0.2, 0) is 14.6 Å². The Kier molecular flexibility index (Phi) is 2.13. The van der Waals surface area contributed by atoms with Crippen LogP contribution in [0.25, 0.3) is 0 Å². The molecule has 2 aromatic rings. The molecule has 1 aliphatic heterocycles. The summed E-state index contributed by atoms with van der Waals surface area (Å²) in [4.78, 5) is 39.9. The van der Waals surface area contributed by atoms with Crippen LogP contribution in [0.1, 0.15) is 77.5 Å². The van der Waals surface area contributed by atoms with Gasteiger partial charge >= 0.3 is 0 Å². The first-order valence-corrected chi connectivity index (χ1v) is 9.32. The van der Waals surface area contributed by atoms with Gasteiger partial charge in [0.15, 0.2) is 11.5 Å². The minimum Gasteiger partial charge on any atom is -0.493 e. The van der Waals surface area contributed by atoms with Crippen molar-refractivity contribution in [3.63, 3.8) is 0 Å². The molecule has 3 amide bonds. The number of sulfone groups is 1. The first-order chi connectivity index (χ1) is 24.2. The number of benzene rings is 2. The first kappa shape index (κ1) is 7.58. The van der Waals surface area contributed by atoms with Gasteiger partial charge in [-0.15, -0.1) is 0 Å². The Morgan fingerprint density at radius 3 is 2.84 bits per heavy atom. The van der Waals surface area contributed by atoms with Gasteiger partial charge in [-0.25, -0.2) is 8.42 Å². The second kappa shape index (κ2) is 8.99. The van der Waals surface area contributed by atoms with E-state index in [9.17, 15) is 24.2 Å². The van der Waals surface area contributed by atoms with E-state index in [1.807, 2.05) is 0 Å². The van der Waals surface area contributed by atoms with E-state index in [2.05, 4.69) is 4.74 Å². The summed E-state index contributed by atoms with van der Waals surface area (Å²) in [6, 6.07) is -14.8. The van der Waals surface area contributed by atoms with Crippen molar-refractivity contribution in [2.75, 3.05) is 30.8 Å². The Morgan fingerprint density at radius 1 is 1.28 bits per heavy atom. The van der Waals surface area contributed by atoms with E-state index < -0.39 is 148 Å². The molecule has 0 bridgehead atoms. The highest BCUT2D eigenvalue weighted by Crippen LogP contribution is 2.38. The summed E-state index contributed by atoms with van der Waals surface area (Å²) in [5, 5.41) is 1.54. The number of amides is 3. The molecule has 1 aliphatic rings. The van der Waals surface area contributed by atoms with E-state index in [4.69, 9.17) is 34.9 Å². The second-order valence-corrected chi connectivity index (χ2v) is 6.78. The number of carbonyl (C=O) groups excluding carboxylic acids is 3. The molecule has 0 radical (unpaired) electrons. The third kappa shape index (κ3) is 4.59. The maximum absolute atomic E-state index is 14.3. The van der Waals surface area contributed by atoms with Gasteiger partial charge in [0, 0.05) is 28.1 Å². The number of anilines is 1. The maximum atomic E-state index is 14.3. The maximum Gasteiger partial charge on any atom is 0.264 e. The Labute approximate surface area is 218 Å². The van der Waals surface area contributed by atoms with Crippen molar-refractivity contribution in [1.29, 1.82) is 0 Å². The van der Waals surface area contributed by atoms with Crippen LogP contribution in [0.5, 0.6) is 11.5 Å². The molecule has 1 atom stereocenters. The summed E-state index contributed by atoms with van der Waals surface area (Å²) in [6.45, 7) is -11.5. The van der Waals surface area contributed by atoms with Gasteiger partial charge in [0.25, 0.3) is 11.8 Å². The van der Waals surface area contributed by atoms with Crippen LogP contribution in [-0.4, -0.2) is 56.5 Å². The molecule has 0 aliphatic carbocycles. The van der Waals surface area contributed by atoms with Gasteiger partial charge in [-0.05, 0) is 36.6 Å². The van der Waals surface area contributed by atoms with Gasteiger partial charge in [-0.1, -0.05) is 12.1 Å². The van der Waals surface area contributed by atoms with Gasteiger partial charge < -0.3 is 14.8 Å². The van der Waals surface area contributed by atoms with Crippen molar-refractivity contribution in [1.82, 2.24) is 4.90 Å². The number of fused-ring (bicyclic) bond motifs is 1. The fourth-order valence-electron chi connectivity index (χ4n) is 2.53. The number of methoxy groups -OCH3 is 1. The number of nitrogens with zero attached hydrogens (tertiary/aromatic N) is 1. The van der Waals surface area contributed by atoms with Gasteiger partial charge in [0.05, 0.1) is 58.6 Å². The van der Waals surface area contributed by atoms with E-state index in [0.717, 1.165) is 0 Å². The van der Waals surface area contributed by atoms with E-state index in [1.54, 1.807) is 5.32 Å². The third-order valence-electron chi connectivity index (χ3n) is 3.64. The summed E-state index contributed by atoms with van der Waals surface area (Å²) in [6.07, 6.45) is -4.57. The van der Waals surface area contributed by atoms with Crippen LogP contribution in [0.4, 0.5) is 5.69 Å². The number of carbonyl (C=O) groups is 3. The largest absolute Gasteiger partial charge is 0.493 e. The van der Waals surface area contributed by atoms with Crippen LogP contribution in [0, 0.1) is 0 Å². The fraction of sp³-hybridized carbons (Fsp3) is 0.318. The third-order valence-corrected chi connectivity index (χ3v) is 4.10. The Hall–Kier alpha value is -3.40. The summed E-state index contributed by atoms with van der Waals surface area (Å²) in [5.41, 5.74) is -11.5. The number of hydrogen-bond donors (Lipinski definition) is 1. The second-order valence-electron chi connectivity index (χ2n) is 5.57. The van der Waals surface area contributed by atoms with Gasteiger partial charge in [0.2, 0.25) is 5.91 Å².